The van der Waals surface area contributed by atoms with Crippen molar-refractivity contribution < 1.29 is 10.2 Å². The van der Waals surface area contributed by atoms with E-state index in [1.807, 2.05) is 13.0 Å². The van der Waals surface area contributed by atoms with Gasteiger partial charge in [0.25, 0.3) is 0 Å². The lowest BCUT2D eigenvalue weighted by Crippen LogP contribution is -1.81. The molecule has 0 bridgehead atoms. The number of allylic oxidation sites excluding steroid dienone is 4. The summed E-state index contributed by atoms with van der Waals surface area (Å²) in [5.41, 5.74) is 1.04. The second-order valence-corrected chi connectivity index (χ2v) is 2.37. The van der Waals surface area contributed by atoms with Crippen LogP contribution in [-0.4, -0.2) is 10.2 Å². The highest BCUT2D eigenvalue weighted by Crippen LogP contribution is 2.12. The molecule has 0 aromatic heterocycles. The summed E-state index contributed by atoms with van der Waals surface area (Å²) in [6, 6.07) is 0. The summed E-state index contributed by atoms with van der Waals surface area (Å²) in [7, 11) is 0. The Morgan fingerprint density at radius 3 is 2.70 bits per heavy atom. The summed E-state index contributed by atoms with van der Waals surface area (Å²) in [4.78, 5) is 0. The van der Waals surface area contributed by atoms with Crippen LogP contribution in [0.15, 0.2) is 35.3 Å². The highest BCUT2D eigenvalue weighted by molar-refractivity contribution is 5.29. The molecule has 0 radical (unpaired) electrons. The fourth-order valence-corrected chi connectivity index (χ4v) is 0.808. The van der Waals surface area contributed by atoms with E-state index in [1.54, 1.807) is 6.08 Å². The van der Waals surface area contributed by atoms with Crippen LogP contribution >= 0.6 is 0 Å². The highest BCUT2D eigenvalue weighted by atomic mass is 16.3. The Bertz CT molecular complexity index is 221. The molecule has 0 saturated heterocycles. The number of rotatable bonds is 0. The van der Waals surface area contributed by atoms with Gasteiger partial charge in [0, 0.05) is 0 Å². The average molecular weight is 138 g/mol. The summed E-state index contributed by atoms with van der Waals surface area (Å²) in [6.45, 7) is 1.90. The van der Waals surface area contributed by atoms with Gasteiger partial charge in [-0.25, -0.2) is 0 Å². The molecule has 10 heavy (non-hydrogen) atoms. The lowest BCUT2D eigenvalue weighted by Gasteiger charge is -1.92. The van der Waals surface area contributed by atoms with E-state index in [4.69, 9.17) is 10.2 Å². The molecule has 0 unspecified atom stereocenters. The van der Waals surface area contributed by atoms with Crippen molar-refractivity contribution in [3.8, 4) is 0 Å². The zero-order valence-electron chi connectivity index (χ0n) is 5.83. The molecule has 2 heteroatoms. The molecular formula is C8H10O2. The van der Waals surface area contributed by atoms with Crippen LogP contribution in [0.3, 0.4) is 0 Å². The first kappa shape index (κ1) is 6.93. The molecule has 1 rings (SSSR count). The largest absolute Gasteiger partial charge is 0.504 e. The number of aliphatic hydroxyl groups is 2. The average Bonchev–Trinajstić information content (AvgIpc) is 1.96. The summed E-state index contributed by atoms with van der Waals surface area (Å²) in [6.07, 6.45) is 5.66. The summed E-state index contributed by atoms with van der Waals surface area (Å²) in [5, 5.41) is 18.0. The van der Waals surface area contributed by atoms with E-state index in [0.717, 1.165) is 12.0 Å². The van der Waals surface area contributed by atoms with Crippen LogP contribution in [-0.2, 0) is 0 Å². The van der Waals surface area contributed by atoms with Gasteiger partial charge in [-0.05, 0) is 25.5 Å². The first-order valence-electron chi connectivity index (χ1n) is 3.16. The van der Waals surface area contributed by atoms with Gasteiger partial charge < -0.3 is 10.2 Å². The van der Waals surface area contributed by atoms with Crippen LogP contribution in [0.5, 0.6) is 0 Å². The normalized spacial score (nSPS) is 18.7. The Morgan fingerprint density at radius 2 is 2.00 bits per heavy atom. The Labute approximate surface area is 59.8 Å². The maximum atomic E-state index is 9.03. The van der Waals surface area contributed by atoms with Gasteiger partial charge in [0.2, 0.25) is 0 Å². The van der Waals surface area contributed by atoms with E-state index in [1.165, 1.54) is 6.08 Å². The van der Waals surface area contributed by atoms with Crippen molar-refractivity contribution in [3.05, 3.63) is 35.3 Å². The first-order valence-corrected chi connectivity index (χ1v) is 3.16. The first-order chi connectivity index (χ1) is 4.70. The zero-order valence-corrected chi connectivity index (χ0v) is 5.83. The van der Waals surface area contributed by atoms with Crippen molar-refractivity contribution in [1.82, 2.24) is 0 Å². The molecule has 2 nitrogen and oxygen atoms in total. The minimum atomic E-state index is -0.0585. The van der Waals surface area contributed by atoms with Crippen molar-refractivity contribution in [2.45, 2.75) is 13.3 Å². The molecule has 0 heterocycles. The molecule has 0 fully saturated rings. The van der Waals surface area contributed by atoms with E-state index < -0.39 is 0 Å². The fraction of sp³-hybridized carbons (Fsp3) is 0.250. The van der Waals surface area contributed by atoms with Crippen molar-refractivity contribution in [2.75, 3.05) is 0 Å². The molecule has 0 amide bonds. The predicted molar refractivity (Wildman–Crippen MR) is 39.8 cm³/mol. The van der Waals surface area contributed by atoms with Crippen LogP contribution in [0.25, 0.3) is 0 Å². The topological polar surface area (TPSA) is 40.5 Å². The van der Waals surface area contributed by atoms with E-state index in [2.05, 4.69) is 0 Å². The van der Waals surface area contributed by atoms with Gasteiger partial charge in [0.1, 0.15) is 0 Å². The number of hydrogen-bond acceptors (Lipinski definition) is 2. The minimum absolute atomic E-state index is 0.0498. The molecule has 0 saturated carbocycles. The molecule has 0 atom stereocenters. The fourth-order valence-electron chi connectivity index (χ4n) is 0.808. The summed E-state index contributed by atoms with van der Waals surface area (Å²) in [5.74, 6) is -0.108. The molecule has 54 valence electrons. The zero-order chi connectivity index (χ0) is 7.56. The number of aliphatic hydroxyl groups excluding tert-OH is 2. The molecule has 2 N–H and O–H groups in total. The maximum absolute atomic E-state index is 9.03. The van der Waals surface area contributed by atoms with E-state index >= 15 is 0 Å². The van der Waals surface area contributed by atoms with Gasteiger partial charge >= 0.3 is 0 Å². The third kappa shape index (κ3) is 1.41. The Hall–Kier alpha value is -1.18. The van der Waals surface area contributed by atoms with Crippen molar-refractivity contribution in [3.63, 3.8) is 0 Å². The molecule has 0 aliphatic heterocycles. The predicted octanol–water partition coefficient (Wildman–Crippen LogP) is 2.22. The lowest BCUT2D eigenvalue weighted by atomic mass is 10.2. The highest BCUT2D eigenvalue weighted by Gasteiger charge is 2.00. The van der Waals surface area contributed by atoms with Crippen molar-refractivity contribution >= 4 is 0 Å². The summed E-state index contributed by atoms with van der Waals surface area (Å²) >= 11 is 0. The van der Waals surface area contributed by atoms with E-state index in [-0.39, 0.29) is 11.5 Å². The second kappa shape index (κ2) is 2.60. The van der Waals surface area contributed by atoms with Crippen LogP contribution in [0.4, 0.5) is 0 Å². The number of hydrogen-bond donors (Lipinski definition) is 2. The summed E-state index contributed by atoms with van der Waals surface area (Å²) < 4.78 is 0. The molecular weight excluding hydrogens is 128 g/mol. The van der Waals surface area contributed by atoms with Crippen LogP contribution < -0.4 is 0 Å². The lowest BCUT2D eigenvalue weighted by molar-refractivity contribution is 0.352. The molecule has 0 spiro atoms. The van der Waals surface area contributed by atoms with E-state index in [0.29, 0.717) is 0 Å². The quantitative estimate of drug-likeness (QED) is 0.538. The Morgan fingerprint density at radius 1 is 1.30 bits per heavy atom. The van der Waals surface area contributed by atoms with Crippen LogP contribution in [0, 0.1) is 0 Å². The van der Waals surface area contributed by atoms with Gasteiger partial charge in [-0.3, -0.25) is 0 Å². The van der Waals surface area contributed by atoms with Crippen molar-refractivity contribution in [1.29, 1.82) is 0 Å². The maximum Gasteiger partial charge on any atom is 0.157 e. The van der Waals surface area contributed by atoms with Crippen LogP contribution in [0.1, 0.15) is 13.3 Å². The minimum Gasteiger partial charge on any atom is -0.504 e. The van der Waals surface area contributed by atoms with E-state index in [9.17, 15) is 0 Å². The molecule has 0 aromatic rings. The Kier molecular flexibility index (Phi) is 1.81. The standard InChI is InChI=1S/C8H10O2/c1-6-3-2-4-7(9)8(10)5-6/h2,4-5,9-10H,3H2,1H3. The van der Waals surface area contributed by atoms with Gasteiger partial charge in [-0.2, -0.15) is 0 Å². The van der Waals surface area contributed by atoms with Crippen LogP contribution in [0.2, 0.25) is 0 Å². The smallest absolute Gasteiger partial charge is 0.157 e. The van der Waals surface area contributed by atoms with Crippen molar-refractivity contribution in [2.24, 2.45) is 0 Å². The van der Waals surface area contributed by atoms with Gasteiger partial charge in [0.15, 0.2) is 11.5 Å². The molecule has 1 aliphatic rings. The third-order valence-corrected chi connectivity index (χ3v) is 1.36. The van der Waals surface area contributed by atoms with Gasteiger partial charge in [-0.1, -0.05) is 11.6 Å². The monoisotopic (exact) mass is 138 g/mol. The molecule has 0 aromatic carbocycles. The second-order valence-electron chi connectivity index (χ2n) is 2.37. The van der Waals surface area contributed by atoms with Gasteiger partial charge in [0.05, 0.1) is 0 Å². The third-order valence-electron chi connectivity index (χ3n) is 1.36. The molecule has 1 aliphatic carbocycles. The van der Waals surface area contributed by atoms with Gasteiger partial charge in [-0.15, -0.1) is 0 Å². The Balaban J connectivity index is 2.98. The SMILES string of the molecule is CC1=CC(O)=C(O)C=CC1.